The molecule has 1 heterocycles. The Morgan fingerprint density at radius 3 is 2.27 bits per heavy atom. The third kappa shape index (κ3) is 5.40. The van der Waals surface area contributed by atoms with Gasteiger partial charge < -0.3 is 24.8 Å². The number of aromatic nitrogens is 1. The largest absolute Gasteiger partial charge is 3.00 e. The molecular formula is C22H18Cl2CrN. The smallest absolute Gasteiger partial charge is 1.00 e. The van der Waals surface area contributed by atoms with E-state index >= 15 is 0 Å². The Morgan fingerprint density at radius 1 is 0.731 bits per heavy atom. The van der Waals surface area contributed by atoms with Crippen LogP contribution in [0.2, 0.25) is 0 Å². The van der Waals surface area contributed by atoms with Crippen molar-refractivity contribution in [1.82, 2.24) is 4.98 Å². The van der Waals surface area contributed by atoms with Crippen molar-refractivity contribution in [3.8, 4) is 0 Å². The SMILES string of the molecule is [Cl-].[Cl-].[Cr+3].c1ccc(Cc2cc[c-](Cc3ccc4ccccc4n3)c2)cc1. The summed E-state index contributed by atoms with van der Waals surface area (Å²) in [4.78, 5) is 4.76. The fourth-order valence-electron chi connectivity index (χ4n) is 3.02. The van der Waals surface area contributed by atoms with Gasteiger partial charge in [-0.15, -0.1) is 0 Å². The Balaban J connectivity index is 0.00000113. The molecule has 1 aromatic heterocycles. The molecule has 0 aliphatic rings. The zero-order valence-corrected chi connectivity index (χ0v) is 16.9. The quantitative estimate of drug-likeness (QED) is 0.393. The number of hydrogen-bond donors (Lipinski definition) is 0. The summed E-state index contributed by atoms with van der Waals surface area (Å²) in [6.07, 6.45) is 1.88. The maximum absolute atomic E-state index is 4.76. The van der Waals surface area contributed by atoms with E-state index in [2.05, 4.69) is 78.9 Å². The zero-order chi connectivity index (χ0) is 15.5. The molecule has 0 fully saturated rings. The minimum absolute atomic E-state index is 0. The number of fused-ring (bicyclic) bond motifs is 1. The molecule has 0 spiro atoms. The summed E-state index contributed by atoms with van der Waals surface area (Å²) in [6, 6.07) is 29.9. The first-order valence-corrected chi connectivity index (χ1v) is 8.00. The third-order valence-corrected chi connectivity index (χ3v) is 4.17. The van der Waals surface area contributed by atoms with Gasteiger partial charge >= 0.3 is 17.4 Å². The first kappa shape index (κ1) is 22.4. The summed E-state index contributed by atoms with van der Waals surface area (Å²) in [5.41, 5.74) is 6.25. The molecule has 1 nitrogen and oxygen atoms in total. The molecule has 4 rings (SSSR count). The fraction of sp³-hybridized carbons (Fsp3) is 0.0909. The van der Waals surface area contributed by atoms with Crippen LogP contribution in [0.1, 0.15) is 22.4 Å². The first-order chi connectivity index (χ1) is 11.4. The van der Waals surface area contributed by atoms with E-state index in [0.717, 1.165) is 24.1 Å². The zero-order valence-electron chi connectivity index (χ0n) is 14.1. The van der Waals surface area contributed by atoms with Crippen LogP contribution in [0.15, 0.2) is 84.9 Å². The number of halogens is 2. The van der Waals surface area contributed by atoms with Crippen LogP contribution in [0.4, 0.5) is 0 Å². The van der Waals surface area contributed by atoms with Crippen molar-refractivity contribution >= 4 is 10.9 Å². The van der Waals surface area contributed by atoms with Crippen LogP contribution in [-0.2, 0) is 30.2 Å². The van der Waals surface area contributed by atoms with Crippen molar-refractivity contribution in [3.63, 3.8) is 0 Å². The third-order valence-electron chi connectivity index (χ3n) is 4.17. The van der Waals surface area contributed by atoms with E-state index in [1.807, 2.05) is 6.07 Å². The monoisotopic (exact) mass is 418 g/mol. The van der Waals surface area contributed by atoms with Gasteiger partial charge in [-0.1, -0.05) is 66.6 Å². The molecule has 4 aromatic rings. The summed E-state index contributed by atoms with van der Waals surface area (Å²) < 4.78 is 0. The maximum atomic E-state index is 4.76. The van der Waals surface area contributed by atoms with Gasteiger partial charge in [0.1, 0.15) is 0 Å². The first-order valence-electron chi connectivity index (χ1n) is 8.00. The standard InChI is InChI=1S/C22H18N.2ClH.Cr/c1-2-6-17(7-3-1)14-18-10-11-19(15-18)16-21-13-12-20-8-4-5-9-22(20)23-21;;;/h1-13,15H,14,16H2;2*1H;/q-1;;;+3/p-2. The molecule has 0 unspecified atom stereocenters. The van der Waals surface area contributed by atoms with Crippen LogP contribution < -0.4 is 24.8 Å². The molecule has 0 aliphatic heterocycles. The van der Waals surface area contributed by atoms with E-state index in [-0.39, 0.29) is 42.2 Å². The van der Waals surface area contributed by atoms with Crippen molar-refractivity contribution < 1.29 is 42.2 Å². The van der Waals surface area contributed by atoms with Crippen LogP contribution in [0.25, 0.3) is 10.9 Å². The van der Waals surface area contributed by atoms with Crippen molar-refractivity contribution in [2.45, 2.75) is 12.8 Å². The molecule has 3 aromatic carbocycles. The summed E-state index contributed by atoms with van der Waals surface area (Å²) in [6.45, 7) is 0. The van der Waals surface area contributed by atoms with E-state index in [1.165, 1.54) is 22.1 Å². The summed E-state index contributed by atoms with van der Waals surface area (Å²) in [5.74, 6) is 0. The van der Waals surface area contributed by atoms with Crippen LogP contribution in [-0.4, -0.2) is 4.98 Å². The molecule has 26 heavy (non-hydrogen) atoms. The Bertz CT molecular complexity index is 935. The molecule has 0 aliphatic carbocycles. The van der Waals surface area contributed by atoms with Crippen LogP contribution in [0.5, 0.6) is 0 Å². The van der Waals surface area contributed by atoms with Gasteiger partial charge in [-0.3, -0.25) is 4.98 Å². The van der Waals surface area contributed by atoms with E-state index in [9.17, 15) is 0 Å². The van der Waals surface area contributed by atoms with Crippen molar-refractivity contribution in [2.75, 3.05) is 0 Å². The average molecular weight is 419 g/mol. The van der Waals surface area contributed by atoms with Gasteiger partial charge in [0.05, 0.1) is 5.52 Å². The summed E-state index contributed by atoms with van der Waals surface area (Å²) in [5, 5.41) is 1.20. The maximum Gasteiger partial charge on any atom is 3.00 e. The molecule has 0 amide bonds. The van der Waals surface area contributed by atoms with Gasteiger partial charge in [0.2, 0.25) is 0 Å². The molecular weight excluding hydrogens is 401 g/mol. The number of hydrogen-bond acceptors (Lipinski definition) is 1. The van der Waals surface area contributed by atoms with E-state index in [1.54, 1.807) is 0 Å². The fourth-order valence-corrected chi connectivity index (χ4v) is 3.02. The summed E-state index contributed by atoms with van der Waals surface area (Å²) in [7, 11) is 0. The second-order valence-electron chi connectivity index (χ2n) is 5.96. The van der Waals surface area contributed by atoms with Crippen molar-refractivity contribution in [3.05, 3.63) is 107 Å². The van der Waals surface area contributed by atoms with Crippen molar-refractivity contribution in [1.29, 1.82) is 0 Å². The number of pyridine rings is 1. The minimum Gasteiger partial charge on any atom is -1.00 e. The second kappa shape index (κ2) is 10.5. The van der Waals surface area contributed by atoms with E-state index in [0.29, 0.717) is 0 Å². The number of rotatable bonds is 4. The molecule has 0 saturated carbocycles. The topological polar surface area (TPSA) is 12.9 Å². The van der Waals surface area contributed by atoms with Gasteiger partial charge in [0.25, 0.3) is 0 Å². The predicted octanol–water partition coefficient (Wildman–Crippen LogP) is -0.859. The Labute approximate surface area is 177 Å². The number of benzene rings is 2. The van der Waals surface area contributed by atoms with Crippen LogP contribution >= 0.6 is 0 Å². The Hall–Kier alpha value is -1.69. The van der Waals surface area contributed by atoms with Gasteiger partial charge in [-0.2, -0.15) is 23.3 Å². The molecule has 131 valence electrons. The van der Waals surface area contributed by atoms with Gasteiger partial charge in [0, 0.05) is 11.1 Å². The normalized spacial score (nSPS) is 9.69. The van der Waals surface area contributed by atoms with Gasteiger partial charge in [-0.25, -0.2) is 6.07 Å². The Morgan fingerprint density at radius 2 is 1.46 bits per heavy atom. The number of para-hydroxylation sites is 1. The predicted molar refractivity (Wildman–Crippen MR) is 95.8 cm³/mol. The molecule has 0 bridgehead atoms. The van der Waals surface area contributed by atoms with Gasteiger partial charge in [-0.05, 0) is 18.6 Å². The minimum atomic E-state index is 0. The summed E-state index contributed by atoms with van der Waals surface area (Å²) >= 11 is 0. The van der Waals surface area contributed by atoms with Crippen LogP contribution in [0, 0.1) is 0 Å². The second-order valence-corrected chi connectivity index (χ2v) is 5.96. The van der Waals surface area contributed by atoms with Gasteiger partial charge in [0.15, 0.2) is 0 Å². The molecule has 4 heteroatoms. The molecule has 0 atom stereocenters. The van der Waals surface area contributed by atoms with Crippen molar-refractivity contribution in [2.24, 2.45) is 0 Å². The van der Waals surface area contributed by atoms with Crippen LogP contribution in [0.3, 0.4) is 0 Å². The average Bonchev–Trinajstić information content (AvgIpc) is 3.02. The number of nitrogens with zero attached hydrogens (tertiary/aromatic N) is 1. The van der Waals surface area contributed by atoms with E-state index in [4.69, 9.17) is 4.98 Å². The molecule has 0 saturated heterocycles. The Kier molecular flexibility index (Phi) is 8.99. The molecule has 0 N–H and O–H groups in total. The molecule has 1 radical (unpaired) electrons. The van der Waals surface area contributed by atoms with E-state index < -0.39 is 0 Å².